The first-order chi connectivity index (χ1) is 9.29. The highest BCUT2D eigenvalue weighted by molar-refractivity contribution is 9.10. The van der Waals surface area contributed by atoms with E-state index in [4.69, 9.17) is 11.6 Å². The molecule has 0 aliphatic heterocycles. The van der Waals surface area contributed by atoms with Gasteiger partial charge in [-0.2, -0.15) is 0 Å². The fourth-order valence-electron chi connectivity index (χ4n) is 1.53. The quantitative estimate of drug-likeness (QED) is 0.721. The molecule has 1 aromatic carbocycles. The molecule has 1 aromatic heterocycles. The van der Waals surface area contributed by atoms with Gasteiger partial charge in [0.2, 0.25) is 0 Å². The number of anilines is 1. The molecule has 0 spiro atoms. The molecule has 0 unspecified atom stereocenters. The zero-order valence-corrected chi connectivity index (χ0v) is 14.9. The number of benzene rings is 1. The predicted octanol–water partition coefficient (Wildman–Crippen LogP) is 4.37. The summed E-state index contributed by atoms with van der Waals surface area (Å²) < 4.78 is 28.5. The van der Waals surface area contributed by atoms with Crippen molar-refractivity contribution in [3.05, 3.63) is 50.1 Å². The summed E-state index contributed by atoms with van der Waals surface area (Å²) in [5.74, 6) is 0. The smallest absolute Gasteiger partial charge is 0.263 e. The van der Waals surface area contributed by atoms with E-state index in [0.29, 0.717) is 20.5 Å². The van der Waals surface area contributed by atoms with Gasteiger partial charge >= 0.3 is 0 Å². The van der Waals surface area contributed by atoms with E-state index in [2.05, 4.69) is 41.6 Å². The van der Waals surface area contributed by atoms with Crippen molar-refractivity contribution >= 4 is 59.2 Å². The van der Waals surface area contributed by atoms with E-state index in [1.165, 1.54) is 12.1 Å². The number of halogens is 3. The van der Waals surface area contributed by atoms with Crippen LogP contribution in [-0.4, -0.2) is 13.4 Å². The van der Waals surface area contributed by atoms with Crippen molar-refractivity contribution in [2.75, 3.05) is 4.72 Å². The summed E-state index contributed by atoms with van der Waals surface area (Å²) in [6.45, 7) is 1.71. The third-order valence-electron chi connectivity index (χ3n) is 2.48. The molecule has 0 radical (unpaired) electrons. The zero-order valence-electron chi connectivity index (χ0n) is 10.2. The van der Waals surface area contributed by atoms with Crippen LogP contribution in [0.3, 0.4) is 0 Å². The Morgan fingerprint density at radius 1 is 1.20 bits per heavy atom. The molecule has 1 N–H and O–H groups in total. The van der Waals surface area contributed by atoms with E-state index in [9.17, 15) is 8.42 Å². The average molecular weight is 441 g/mol. The number of hydrogen-bond acceptors (Lipinski definition) is 3. The normalized spacial score (nSPS) is 11.4. The number of nitrogens with one attached hydrogen (secondary N) is 1. The second-order valence-electron chi connectivity index (χ2n) is 3.95. The molecule has 0 bridgehead atoms. The van der Waals surface area contributed by atoms with Crippen molar-refractivity contribution in [1.29, 1.82) is 0 Å². The summed E-state index contributed by atoms with van der Waals surface area (Å²) in [7, 11) is -3.75. The molecule has 0 atom stereocenters. The fourth-order valence-corrected chi connectivity index (χ4v) is 4.09. The summed E-state index contributed by atoms with van der Waals surface area (Å²) in [5, 5.41) is 0.148. The molecule has 0 amide bonds. The zero-order chi connectivity index (χ0) is 14.9. The topological polar surface area (TPSA) is 59.1 Å². The largest absolute Gasteiger partial charge is 0.278 e. The summed E-state index contributed by atoms with van der Waals surface area (Å²) in [5.41, 5.74) is 0.975. The first-order valence-corrected chi connectivity index (χ1v) is 8.85. The molecule has 2 aromatic rings. The van der Waals surface area contributed by atoms with Gasteiger partial charge in [0.1, 0.15) is 9.50 Å². The first kappa shape index (κ1) is 15.8. The molecule has 0 saturated carbocycles. The molecule has 106 valence electrons. The fraction of sp³-hybridized carbons (Fsp3) is 0.0833. The third kappa shape index (κ3) is 3.52. The Morgan fingerprint density at radius 2 is 1.90 bits per heavy atom. The summed E-state index contributed by atoms with van der Waals surface area (Å²) in [6.07, 6.45) is 0. The van der Waals surface area contributed by atoms with Gasteiger partial charge in [0.15, 0.2) is 0 Å². The Bertz CT molecular complexity index is 766. The lowest BCUT2D eigenvalue weighted by Gasteiger charge is -2.11. The van der Waals surface area contributed by atoms with Gasteiger partial charge in [-0.25, -0.2) is 13.4 Å². The van der Waals surface area contributed by atoms with Crippen molar-refractivity contribution in [1.82, 2.24) is 4.98 Å². The van der Waals surface area contributed by atoms with Crippen LogP contribution in [0.2, 0.25) is 5.02 Å². The maximum Gasteiger partial charge on any atom is 0.263 e. The van der Waals surface area contributed by atoms with Crippen molar-refractivity contribution in [3.63, 3.8) is 0 Å². The standard InChI is InChI=1S/C12H9Br2ClN2O2S/c1-7-10(3-5-12(14)16-7)17-20(18,19)11-4-2-8(13)6-9(11)15/h2-6,17H,1H3. The van der Waals surface area contributed by atoms with E-state index in [1.54, 1.807) is 25.1 Å². The van der Waals surface area contributed by atoms with Gasteiger partial charge in [-0.1, -0.05) is 27.5 Å². The van der Waals surface area contributed by atoms with Crippen LogP contribution in [0, 0.1) is 6.92 Å². The van der Waals surface area contributed by atoms with Gasteiger partial charge in [0.25, 0.3) is 10.0 Å². The molecular weight excluding hydrogens is 431 g/mol. The second kappa shape index (κ2) is 6.01. The van der Waals surface area contributed by atoms with E-state index in [-0.39, 0.29) is 9.92 Å². The summed E-state index contributed by atoms with van der Waals surface area (Å²) >= 11 is 12.4. The van der Waals surface area contributed by atoms with Crippen LogP contribution in [0.4, 0.5) is 5.69 Å². The number of nitrogens with zero attached hydrogens (tertiary/aromatic N) is 1. The van der Waals surface area contributed by atoms with Crippen LogP contribution < -0.4 is 4.72 Å². The average Bonchev–Trinajstić information content (AvgIpc) is 2.32. The Kier molecular flexibility index (Phi) is 4.73. The molecular formula is C12H9Br2ClN2O2S. The van der Waals surface area contributed by atoms with Crippen LogP contribution in [0.25, 0.3) is 0 Å². The lowest BCUT2D eigenvalue weighted by atomic mass is 10.3. The summed E-state index contributed by atoms with van der Waals surface area (Å²) in [4.78, 5) is 4.16. The number of pyridine rings is 1. The number of rotatable bonds is 3. The minimum Gasteiger partial charge on any atom is -0.278 e. The van der Waals surface area contributed by atoms with Gasteiger partial charge in [-0.15, -0.1) is 0 Å². The highest BCUT2D eigenvalue weighted by atomic mass is 79.9. The molecule has 2 rings (SSSR count). The van der Waals surface area contributed by atoms with Gasteiger partial charge in [0.05, 0.1) is 16.4 Å². The summed E-state index contributed by atoms with van der Waals surface area (Å²) in [6, 6.07) is 7.89. The predicted molar refractivity (Wildman–Crippen MR) is 86.6 cm³/mol. The molecule has 20 heavy (non-hydrogen) atoms. The van der Waals surface area contributed by atoms with Crippen molar-refractivity contribution in [2.45, 2.75) is 11.8 Å². The van der Waals surface area contributed by atoms with Crippen molar-refractivity contribution in [3.8, 4) is 0 Å². The van der Waals surface area contributed by atoms with Crippen LogP contribution in [-0.2, 0) is 10.0 Å². The second-order valence-corrected chi connectivity index (χ2v) is 7.73. The van der Waals surface area contributed by atoms with Crippen molar-refractivity contribution < 1.29 is 8.42 Å². The van der Waals surface area contributed by atoms with Crippen LogP contribution in [0.15, 0.2) is 44.3 Å². The van der Waals surface area contributed by atoms with Crippen LogP contribution >= 0.6 is 43.5 Å². The number of aryl methyl sites for hydroxylation is 1. The van der Waals surface area contributed by atoms with Crippen LogP contribution in [0.5, 0.6) is 0 Å². The number of sulfonamides is 1. The molecule has 4 nitrogen and oxygen atoms in total. The van der Waals surface area contributed by atoms with Gasteiger partial charge < -0.3 is 0 Å². The molecule has 8 heteroatoms. The number of hydrogen-bond donors (Lipinski definition) is 1. The maximum atomic E-state index is 12.3. The molecule has 0 saturated heterocycles. The van der Waals surface area contributed by atoms with E-state index in [1.807, 2.05) is 0 Å². The lowest BCUT2D eigenvalue weighted by molar-refractivity contribution is 0.601. The third-order valence-corrected chi connectivity index (χ3v) is 5.26. The van der Waals surface area contributed by atoms with Crippen LogP contribution in [0.1, 0.15) is 5.69 Å². The Morgan fingerprint density at radius 3 is 2.50 bits per heavy atom. The Balaban J connectivity index is 2.41. The Labute approximate surface area is 138 Å². The highest BCUT2D eigenvalue weighted by Gasteiger charge is 2.19. The number of aromatic nitrogens is 1. The monoisotopic (exact) mass is 438 g/mol. The van der Waals surface area contributed by atoms with E-state index in [0.717, 1.165) is 0 Å². The van der Waals surface area contributed by atoms with Gasteiger partial charge in [0, 0.05) is 4.47 Å². The minimum absolute atomic E-state index is 0.0182. The Hall–Kier alpha value is -0.630. The van der Waals surface area contributed by atoms with Gasteiger partial charge in [-0.05, 0) is 53.2 Å². The van der Waals surface area contributed by atoms with E-state index >= 15 is 0 Å². The molecule has 0 aliphatic carbocycles. The SMILES string of the molecule is Cc1nc(Br)ccc1NS(=O)(=O)c1ccc(Br)cc1Cl. The molecule has 0 aliphatic rings. The maximum absolute atomic E-state index is 12.3. The first-order valence-electron chi connectivity index (χ1n) is 5.40. The molecule has 1 heterocycles. The minimum atomic E-state index is -3.75. The van der Waals surface area contributed by atoms with E-state index < -0.39 is 10.0 Å². The highest BCUT2D eigenvalue weighted by Crippen LogP contribution is 2.27. The van der Waals surface area contributed by atoms with Gasteiger partial charge in [-0.3, -0.25) is 4.72 Å². The molecule has 0 fully saturated rings. The lowest BCUT2D eigenvalue weighted by Crippen LogP contribution is -2.14. The van der Waals surface area contributed by atoms with Crippen molar-refractivity contribution in [2.24, 2.45) is 0 Å².